The fraction of sp³-hybridized carbons (Fsp3) is 0.423. The summed E-state index contributed by atoms with van der Waals surface area (Å²) in [6.07, 6.45) is 1.16. The molecule has 34 heavy (non-hydrogen) atoms. The number of Topliss-reactive ketones (excluding diaryl/α,β-unsaturated/α-hetero) is 2. The molecule has 0 saturated heterocycles. The van der Waals surface area contributed by atoms with Crippen molar-refractivity contribution < 1.29 is 27.9 Å². The van der Waals surface area contributed by atoms with Gasteiger partial charge in [-0.25, -0.2) is 13.6 Å². The molecule has 0 aliphatic heterocycles. The Morgan fingerprint density at radius 3 is 1.74 bits per heavy atom. The lowest BCUT2D eigenvalue weighted by Gasteiger charge is -2.31. The minimum atomic E-state index is -0.625. The molecule has 2 aromatic carbocycles. The molecule has 8 heteroatoms. The smallest absolute Gasteiger partial charge is 0.410 e. The van der Waals surface area contributed by atoms with Gasteiger partial charge in [0.05, 0.1) is 11.9 Å². The summed E-state index contributed by atoms with van der Waals surface area (Å²) in [7, 11) is 0. The van der Waals surface area contributed by atoms with Crippen molar-refractivity contribution in [3.8, 4) is 0 Å². The number of ether oxygens (including phenoxy) is 1. The number of hydrogen-bond donors (Lipinski definition) is 0. The van der Waals surface area contributed by atoms with Gasteiger partial charge in [0.2, 0.25) is 0 Å². The van der Waals surface area contributed by atoms with Crippen LogP contribution in [-0.4, -0.2) is 46.1 Å². The zero-order valence-electron chi connectivity index (χ0n) is 20.2. The van der Waals surface area contributed by atoms with Gasteiger partial charge < -0.3 is 4.74 Å². The van der Waals surface area contributed by atoms with E-state index in [1.54, 1.807) is 20.8 Å². The van der Waals surface area contributed by atoms with Crippen molar-refractivity contribution in [3.63, 3.8) is 0 Å². The van der Waals surface area contributed by atoms with Gasteiger partial charge in [0.15, 0.2) is 11.6 Å². The Balaban J connectivity index is 0.000000437. The minimum absolute atomic E-state index is 0.0370. The van der Waals surface area contributed by atoms with Crippen LogP contribution in [0, 0.1) is 11.6 Å². The van der Waals surface area contributed by atoms with Crippen LogP contribution in [0.25, 0.3) is 0 Å². The number of amides is 1. The Labute approximate surface area is 208 Å². The maximum Gasteiger partial charge on any atom is 0.410 e. The highest BCUT2D eigenvalue weighted by molar-refractivity contribution is 9.09. The number of carbonyl (C=O) groups is 3. The van der Waals surface area contributed by atoms with Crippen LogP contribution in [0.1, 0.15) is 68.2 Å². The fourth-order valence-electron chi connectivity index (χ4n) is 2.89. The van der Waals surface area contributed by atoms with Crippen LogP contribution in [0.4, 0.5) is 13.6 Å². The number of benzene rings is 2. The molecule has 0 aliphatic rings. The first-order valence-electron chi connectivity index (χ1n) is 11.0. The van der Waals surface area contributed by atoms with Crippen molar-refractivity contribution >= 4 is 33.6 Å². The highest BCUT2D eigenvalue weighted by Gasteiger charge is 2.27. The molecule has 1 unspecified atom stereocenters. The molecular weight excluding hydrogens is 508 g/mol. The van der Waals surface area contributed by atoms with Crippen LogP contribution in [0.2, 0.25) is 0 Å². The molecule has 0 bridgehead atoms. The molecule has 0 spiro atoms. The van der Waals surface area contributed by atoms with Gasteiger partial charge in [-0.3, -0.25) is 14.5 Å². The molecule has 1 atom stereocenters. The molecule has 186 valence electrons. The number of alkyl halides is 1. The standard InChI is InChI=1S/C18H26FNO3.C8H6BrFO/c1-6-7-13(2)20(17(22)23-18(3,4)5)12-16(21)14-8-10-15(19)11-9-14;9-5-8(11)6-1-3-7(10)4-2-6/h8-11,13H,6-7,12H2,1-5H3;1-4H,5H2. The third-order valence-corrected chi connectivity index (χ3v) is 5.14. The van der Waals surface area contributed by atoms with E-state index in [0.717, 1.165) is 12.8 Å². The van der Waals surface area contributed by atoms with E-state index in [1.807, 2.05) is 13.8 Å². The average Bonchev–Trinajstić information content (AvgIpc) is 2.77. The summed E-state index contributed by atoms with van der Waals surface area (Å²) in [6.45, 7) is 9.19. The normalized spacial score (nSPS) is 11.6. The summed E-state index contributed by atoms with van der Waals surface area (Å²) in [4.78, 5) is 37.2. The Morgan fingerprint density at radius 2 is 1.35 bits per heavy atom. The summed E-state index contributed by atoms with van der Waals surface area (Å²) in [6, 6.07) is 10.7. The average molecular weight is 540 g/mol. The van der Waals surface area contributed by atoms with E-state index < -0.39 is 17.5 Å². The SMILES string of the molecule is CCCC(C)N(CC(=O)c1ccc(F)cc1)C(=O)OC(C)(C)C.O=C(CBr)c1ccc(F)cc1. The van der Waals surface area contributed by atoms with Gasteiger partial charge in [0.1, 0.15) is 17.2 Å². The first kappa shape index (κ1) is 29.4. The van der Waals surface area contributed by atoms with Gasteiger partial charge in [-0.1, -0.05) is 29.3 Å². The highest BCUT2D eigenvalue weighted by atomic mass is 79.9. The molecule has 2 aromatic rings. The number of nitrogens with zero attached hydrogens (tertiary/aromatic N) is 1. The first-order chi connectivity index (χ1) is 15.9. The molecule has 0 N–H and O–H groups in total. The highest BCUT2D eigenvalue weighted by Crippen LogP contribution is 2.16. The maximum absolute atomic E-state index is 13.0. The quantitative estimate of drug-likeness (QED) is 0.272. The van der Waals surface area contributed by atoms with Crippen LogP contribution >= 0.6 is 15.9 Å². The predicted molar refractivity (Wildman–Crippen MR) is 133 cm³/mol. The first-order valence-corrected chi connectivity index (χ1v) is 12.1. The molecule has 0 aromatic heterocycles. The monoisotopic (exact) mass is 539 g/mol. The van der Waals surface area contributed by atoms with Gasteiger partial charge in [-0.15, -0.1) is 0 Å². The molecule has 0 radical (unpaired) electrons. The number of ketones is 2. The summed E-state index contributed by atoms with van der Waals surface area (Å²) in [5, 5.41) is 0.276. The van der Waals surface area contributed by atoms with Gasteiger partial charge in [0.25, 0.3) is 0 Å². The second-order valence-corrected chi connectivity index (χ2v) is 9.30. The largest absolute Gasteiger partial charge is 0.444 e. The summed E-state index contributed by atoms with van der Waals surface area (Å²) in [5.41, 5.74) is 0.284. The van der Waals surface area contributed by atoms with Crippen molar-refractivity contribution in [1.29, 1.82) is 0 Å². The maximum atomic E-state index is 13.0. The third kappa shape index (κ3) is 10.5. The molecule has 0 heterocycles. The topological polar surface area (TPSA) is 63.7 Å². The van der Waals surface area contributed by atoms with Crippen LogP contribution in [0.5, 0.6) is 0 Å². The third-order valence-electron chi connectivity index (χ3n) is 4.63. The molecule has 0 saturated carbocycles. The lowest BCUT2D eigenvalue weighted by molar-refractivity contribution is 0.0169. The zero-order chi connectivity index (χ0) is 25.9. The number of carbonyl (C=O) groups excluding carboxylic acids is 3. The second kappa shape index (κ2) is 13.9. The van der Waals surface area contributed by atoms with Gasteiger partial charge >= 0.3 is 6.09 Å². The van der Waals surface area contributed by atoms with E-state index in [0.29, 0.717) is 11.1 Å². The lowest BCUT2D eigenvalue weighted by Crippen LogP contribution is -2.44. The number of hydrogen-bond acceptors (Lipinski definition) is 4. The van der Waals surface area contributed by atoms with Gasteiger partial charge in [0, 0.05) is 17.2 Å². The van der Waals surface area contributed by atoms with Crippen molar-refractivity contribution in [2.75, 3.05) is 11.9 Å². The van der Waals surface area contributed by atoms with E-state index >= 15 is 0 Å². The summed E-state index contributed by atoms with van der Waals surface area (Å²) in [5.74, 6) is -0.996. The van der Waals surface area contributed by atoms with Crippen LogP contribution in [-0.2, 0) is 4.74 Å². The Kier molecular flexibility index (Phi) is 12.1. The Hall–Kier alpha value is -2.61. The van der Waals surface area contributed by atoms with Gasteiger partial charge in [-0.2, -0.15) is 0 Å². The second-order valence-electron chi connectivity index (χ2n) is 8.74. The van der Waals surface area contributed by atoms with Crippen LogP contribution < -0.4 is 0 Å². The number of halogens is 3. The molecule has 2 rings (SSSR count). The van der Waals surface area contributed by atoms with Gasteiger partial charge in [-0.05, 0) is 82.6 Å². The molecule has 0 aliphatic carbocycles. The lowest BCUT2D eigenvalue weighted by atomic mass is 10.1. The van der Waals surface area contributed by atoms with E-state index in [4.69, 9.17) is 4.74 Å². The van der Waals surface area contributed by atoms with Crippen LogP contribution in [0.15, 0.2) is 48.5 Å². The summed E-state index contributed by atoms with van der Waals surface area (Å²) < 4.78 is 30.7. The Bertz CT molecular complexity index is 941. The zero-order valence-corrected chi connectivity index (χ0v) is 21.8. The Morgan fingerprint density at radius 1 is 0.912 bits per heavy atom. The molecule has 1 amide bonds. The number of rotatable bonds is 8. The molecule has 5 nitrogen and oxygen atoms in total. The van der Waals surface area contributed by atoms with Crippen molar-refractivity contribution in [2.24, 2.45) is 0 Å². The van der Waals surface area contributed by atoms with E-state index in [-0.39, 0.29) is 35.3 Å². The van der Waals surface area contributed by atoms with E-state index in [9.17, 15) is 23.2 Å². The van der Waals surface area contributed by atoms with Crippen molar-refractivity contribution in [1.82, 2.24) is 4.90 Å². The van der Waals surface area contributed by atoms with Crippen LogP contribution in [0.3, 0.4) is 0 Å². The van der Waals surface area contributed by atoms with E-state index in [2.05, 4.69) is 15.9 Å². The predicted octanol–water partition coefficient (Wildman–Crippen LogP) is 6.84. The fourth-order valence-corrected chi connectivity index (χ4v) is 3.21. The molecular formula is C26H32BrF2NO4. The molecule has 0 fully saturated rings. The summed E-state index contributed by atoms with van der Waals surface area (Å²) >= 11 is 3.03. The van der Waals surface area contributed by atoms with Crippen molar-refractivity contribution in [2.45, 2.75) is 59.1 Å². The van der Waals surface area contributed by atoms with E-state index in [1.165, 1.54) is 53.4 Å². The van der Waals surface area contributed by atoms with Crippen molar-refractivity contribution in [3.05, 3.63) is 71.3 Å². The minimum Gasteiger partial charge on any atom is -0.444 e.